The molecule has 3 nitrogen and oxygen atoms in total. The van der Waals surface area contributed by atoms with Crippen LogP contribution in [0.4, 0.5) is 5.82 Å². The third-order valence-electron chi connectivity index (χ3n) is 6.32. The van der Waals surface area contributed by atoms with E-state index in [0.717, 1.165) is 52.1 Å². The number of fused-ring (bicyclic) bond motifs is 1. The molecule has 0 bridgehead atoms. The molecule has 0 unspecified atom stereocenters. The Morgan fingerprint density at radius 1 is 0.844 bits per heavy atom. The average molecular weight is 443 g/mol. The molecule has 0 spiro atoms. The summed E-state index contributed by atoms with van der Waals surface area (Å²) in [5.74, 6) is 2.57. The minimum Gasteiger partial charge on any atom is -0.487 e. The van der Waals surface area contributed by atoms with Crippen LogP contribution in [0.25, 0.3) is 10.9 Å². The highest BCUT2D eigenvalue weighted by Gasteiger charge is 2.21. The molecule has 0 N–H and O–H groups in total. The van der Waals surface area contributed by atoms with Gasteiger partial charge in [0.2, 0.25) is 0 Å². The number of halogens is 1. The van der Waals surface area contributed by atoms with Gasteiger partial charge in [-0.3, -0.25) is 0 Å². The van der Waals surface area contributed by atoms with Crippen molar-refractivity contribution in [1.82, 2.24) is 4.98 Å². The van der Waals surface area contributed by atoms with Crippen molar-refractivity contribution in [2.24, 2.45) is 5.92 Å². The van der Waals surface area contributed by atoms with Gasteiger partial charge in [-0.1, -0.05) is 72.3 Å². The molecule has 32 heavy (non-hydrogen) atoms. The number of hydrogen-bond acceptors (Lipinski definition) is 3. The highest BCUT2D eigenvalue weighted by molar-refractivity contribution is 6.31. The molecule has 1 aromatic heterocycles. The number of piperidine rings is 1. The van der Waals surface area contributed by atoms with Crippen LogP contribution in [0.2, 0.25) is 5.02 Å². The first-order valence-electron chi connectivity index (χ1n) is 11.3. The Hall–Kier alpha value is -3.04. The average Bonchev–Trinajstić information content (AvgIpc) is 2.84. The van der Waals surface area contributed by atoms with E-state index in [1.165, 1.54) is 24.8 Å². The van der Waals surface area contributed by atoms with Gasteiger partial charge in [-0.25, -0.2) is 4.98 Å². The molecular weight excluding hydrogens is 416 g/mol. The second-order valence-electron chi connectivity index (χ2n) is 8.50. The second kappa shape index (κ2) is 9.62. The molecule has 0 atom stereocenters. The molecule has 0 aliphatic carbocycles. The SMILES string of the molecule is Clc1ccccc1COc1cccc2ccc(N3CCC(Cc4ccccc4)CC3)nc12. The smallest absolute Gasteiger partial charge is 0.146 e. The fraction of sp³-hybridized carbons (Fsp3) is 0.250. The van der Waals surface area contributed by atoms with E-state index in [9.17, 15) is 0 Å². The van der Waals surface area contributed by atoms with Gasteiger partial charge in [-0.2, -0.15) is 0 Å². The van der Waals surface area contributed by atoms with E-state index < -0.39 is 0 Å². The number of nitrogens with zero attached hydrogens (tertiary/aromatic N) is 2. The summed E-state index contributed by atoms with van der Waals surface area (Å²) in [6.45, 7) is 2.51. The van der Waals surface area contributed by atoms with E-state index in [1.807, 2.05) is 36.4 Å². The standard InChI is InChI=1S/C28H27ClN2O/c29-25-11-5-4-9-24(25)20-32-26-12-6-10-23-13-14-27(30-28(23)26)31-17-15-22(16-18-31)19-21-7-2-1-3-8-21/h1-14,22H,15-20H2. The highest BCUT2D eigenvalue weighted by Crippen LogP contribution is 2.30. The Balaban J connectivity index is 1.29. The molecule has 1 fully saturated rings. The molecule has 0 saturated carbocycles. The molecule has 4 aromatic rings. The maximum absolute atomic E-state index is 6.30. The van der Waals surface area contributed by atoms with Gasteiger partial charge < -0.3 is 9.64 Å². The number of anilines is 1. The molecule has 3 aromatic carbocycles. The summed E-state index contributed by atoms with van der Waals surface area (Å²) >= 11 is 6.30. The summed E-state index contributed by atoms with van der Waals surface area (Å²) in [4.78, 5) is 7.42. The Bertz CT molecular complexity index is 1190. The maximum Gasteiger partial charge on any atom is 0.146 e. The Labute approximate surface area is 194 Å². The number of rotatable bonds is 6. The normalized spacial score (nSPS) is 14.6. The first kappa shape index (κ1) is 20.8. The van der Waals surface area contributed by atoms with Crippen molar-refractivity contribution in [2.75, 3.05) is 18.0 Å². The maximum atomic E-state index is 6.30. The van der Waals surface area contributed by atoms with Gasteiger partial charge in [-0.15, -0.1) is 0 Å². The predicted molar refractivity (Wildman–Crippen MR) is 133 cm³/mol. The molecule has 1 saturated heterocycles. The van der Waals surface area contributed by atoms with Crippen LogP contribution in [0.5, 0.6) is 5.75 Å². The fourth-order valence-corrected chi connectivity index (χ4v) is 4.68. The van der Waals surface area contributed by atoms with Crippen LogP contribution >= 0.6 is 11.6 Å². The van der Waals surface area contributed by atoms with Crippen molar-refractivity contribution in [3.63, 3.8) is 0 Å². The van der Waals surface area contributed by atoms with Crippen molar-refractivity contribution in [2.45, 2.75) is 25.9 Å². The number of pyridine rings is 1. The molecule has 1 aliphatic heterocycles. The summed E-state index contributed by atoms with van der Waals surface area (Å²) < 4.78 is 6.15. The predicted octanol–water partition coefficient (Wildman–Crippen LogP) is 6.93. The van der Waals surface area contributed by atoms with Gasteiger partial charge >= 0.3 is 0 Å². The van der Waals surface area contributed by atoms with E-state index in [-0.39, 0.29) is 0 Å². The largest absolute Gasteiger partial charge is 0.487 e. The fourth-order valence-electron chi connectivity index (χ4n) is 4.49. The number of benzene rings is 3. The lowest BCUT2D eigenvalue weighted by atomic mass is 9.90. The lowest BCUT2D eigenvalue weighted by Crippen LogP contribution is -2.34. The first-order valence-corrected chi connectivity index (χ1v) is 11.7. The van der Waals surface area contributed by atoms with E-state index in [1.54, 1.807) is 0 Å². The van der Waals surface area contributed by atoms with Gasteiger partial charge in [-0.05, 0) is 55.0 Å². The third-order valence-corrected chi connectivity index (χ3v) is 6.68. The Kier molecular flexibility index (Phi) is 6.27. The zero-order valence-electron chi connectivity index (χ0n) is 18.1. The molecule has 0 radical (unpaired) electrons. The van der Waals surface area contributed by atoms with E-state index in [2.05, 4.69) is 53.4 Å². The highest BCUT2D eigenvalue weighted by atomic mass is 35.5. The zero-order chi connectivity index (χ0) is 21.8. The summed E-state index contributed by atoms with van der Waals surface area (Å²) in [5.41, 5.74) is 3.32. The summed E-state index contributed by atoms with van der Waals surface area (Å²) in [7, 11) is 0. The van der Waals surface area contributed by atoms with E-state index >= 15 is 0 Å². The van der Waals surface area contributed by atoms with Gasteiger partial charge in [0.1, 0.15) is 23.7 Å². The van der Waals surface area contributed by atoms with Crippen LogP contribution < -0.4 is 9.64 Å². The van der Waals surface area contributed by atoms with Crippen LogP contribution in [0.15, 0.2) is 84.9 Å². The van der Waals surface area contributed by atoms with Crippen LogP contribution in [0.1, 0.15) is 24.0 Å². The Morgan fingerprint density at radius 2 is 1.62 bits per heavy atom. The third kappa shape index (κ3) is 4.73. The van der Waals surface area contributed by atoms with Crippen molar-refractivity contribution in [3.05, 3.63) is 101 Å². The van der Waals surface area contributed by atoms with Crippen molar-refractivity contribution in [1.29, 1.82) is 0 Å². The van der Waals surface area contributed by atoms with Crippen molar-refractivity contribution >= 4 is 28.3 Å². The van der Waals surface area contributed by atoms with Gasteiger partial charge in [0.15, 0.2) is 0 Å². The van der Waals surface area contributed by atoms with E-state index in [4.69, 9.17) is 21.3 Å². The van der Waals surface area contributed by atoms with Crippen LogP contribution in [-0.4, -0.2) is 18.1 Å². The lowest BCUT2D eigenvalue weighted by molar-refractivity contribution is 0.309. The molecule has 1 aliphatic rings. The monoisotopic (exact) mass is 442 g/mol. The van der Waals surface area contributed by atoms with Crippen LogP contribution in [0, 0.1) is 5.92 Å². The number of para-hydroxylation sites is 1. The van der Waals surface area contributed by atoms with Crippen LogP contribution in [0.3, 0.4) is 0 Å². The topological polar surface area (TPSA) is 25.4 Å². The molecule has 4 heteroatoms. The number of ether oxygens (including phenoxy) is 1. The summed E-state index contributed by atoms with van der Waals surface area (Å²) in [6, 6.07) is 29.0. The van der Waals surface area contributed by atoms with Gasteiger partial charge in [0.05, 0.1) is 0 Å². The van der Waals surface area contributed by atoms with E-state index in [0.29, 0.717) is 6.61 Å². The minimum absolute atomic E-state index is 0.426. The number of hydrogen-bond donors (Lipinski definition) is 0. The van der Waals surface area contributed by atoms with Crippen molar-refractivity contribution < 1.29 is 4.74 Å². The molecule has 0 amide bonds. The Morgan fingerprint density at radius 3 is 2.44 bits per heavy atom. The van der Waals surface area contributed by atoms with Crippen LogP contribution in [-0.2, 0) is 13.0 Å². The second-order valence-corrected chi connectivity index (χ2v) is 8.90. The first-order chi connectivity index (χ1) is 15.8. The quantitative estimate of drug-likeness (QED) is 0.324. The summed E-state index contributed by atoms with van der Waals surface area (Å²) in [6.07, 6.45) is 3.55. The van der Waals surface area contributed by atoms with Gasteiger partial charge in [0.25, 0.3) is 0 Å². The lowest BCUT2D eigenvalue weighted by Gasteiger charge is -2.33. The zero-order valence-corrected chi connectivity index (χ0v) is 18.8. The molecule has 2 heterocycles. The number of aromatic nitrogens is 1. The minimum atomic E-state index is 0.426. The molecule has 5 rings (SSSR count). The molecular formula is C28H27ClN2O. The summed E-state index contributed by atoms with van der Waals surface area (Å²) in [5, 5.41) is 1.81. The van der Waals surface area contributed by atoms with Crippen molar-refractivity contribution in [3.8, 4) is 5.75 Å². The molecule has 162 valence electrons. The van der Waals surface area contributed by atoms with Gasteiger partial charge in [0, 0.05) is 29.1 Å².